The lowest BCUT2D eigenvalue weighted by atomic mass is 10.2. The number of hydrogen-bond acceptors (Lipinski definition) is 2. The van der Waals surface area contributed by atoms with Crippen LogP contribution in [0.2, 0.25) is 10.0 Å². The van der Waals surface area contributed by atoms with Crippen LogP contribution in [0.3, 0.4) is 0 Å². The fourth-order valence-electron chi connectivity index (χ4n) is 2.10. The van der Waals surface area contributed by atoms with Gasteiger partial charge in [-0.05, 0) is 51.8 Å². The number of aromatic nitrogens is 2. The van der Waals surface area contributed by atoms with Gasteiger partial charge in [-0.25, -0.2) is 4.79 Å². The SMILES string of the molecule is O=c1[nH]c2cc(Br)c(NCc3cc(Cl)cc(Cl)c3)cc2[nH]1. The van der Waals surface area contributed by atoms with Gasteiger partial charge in [0.2, 0.25) is 0 Å². The average molecular weight is 387 g/mol. The van der Waals surface area contributed by atoms with Crippen LogP contribution in [0.4, 0.5) is 5.69 Å². The first-order chi connectivity index (χ1) is 10.0. The van der Waals surface area contributed by atoms with E-state index in [9.17, 15) is 4.79 Å². The number of rotatable bonds is 3. The summed E-state index contributed by atoms with van der Waals surface area (Å²) in [7, 11) is 0. The minimum atomic E-state index is -0.226. The molecule has 0 radical (unpaired) electrons. The van der Waals surface area contributed by atoms with E-state index in [-0.39, 0.29) is 5.69 Å². The number of hydrogen-bond donors (Lipinski definition) is 3. The molecule has 0 saturated heterocycles. The van der Waals surface area contributed by atoms with Crippen molar-refractivity contribution in [3.63, 3.8) is 0 Å². The first-order valence-corrected chi connectivity index (χ1v) is 7.66. The lowest BCUT2D eigenvalue weighted by Gasteiger charge is -2.09. The molecule has 108 valence electrons. The fourth-order valence-corrected chi connectivity index (χ4v) is 3.16. The van der Waals surface area contributed by atoms with Crippen LogP contribution in [-0.2, 0) is 6.54 Å². The summed E-state index contributed by atoms with van der Waals surface area (Å²) in [6.45, 7) is 0.568. The van der Waals surface area contributed by atoms with Crippen molar-refractivity contribution in [1.29, 1.82) is 0 Å². The predicted molar refractivity (Wildman–Crippen MR) is 90.4 cm³/mol. The van der Waals surface area contributed by atoms with Crippen LogP contribution in [0.5, 0.6) is 0 Å². The summed E-state index contributed by atoms with van der Waals surface area (Å²) in [6, 6.07) is 9.11. The molecule has 3 rings (SSSR count). The van der Waals surface area contributed by atoms with Gasteiger partial charge in [0.15, 0.2) is 0 Å². The Bertz CT molecular complexity index is 852. The number of nitrogens with one attached hydrogen (secondary N) is 3. The molecule has 0 fully saturated rings. The molecule has 7 heteroatoms. The maximum atomic E-state index is 11.3. The number of halogens is 3. The summed E-state index contributed by atoms with van der Waals surface area (Å²) in [5, 5.41) is 4.49. The zero-order chi connectivity index (χ0) is 15.0. The molecule has 0 spiro atoms. The molecule has 0 bridgehead atoms. The quantitative estimate of drug-likeness (QED) is 0.618. The Morgan fingerprint density at radius 1 is 1.00 bits per heavy atom. The third-order valence-electron chi connectivity index (χ3n) is 3.01. The summed E-state index contributed by atoms with van der Waals surface area (Å²) in [6.07, 6.45) is 0. The van der Waals surface area contributed by atoms with E-state index in [4.69, 9.17) is 23.2 Å². The summed E-state index contributed by atoms with van der Waals surface area (Å²) >= 11 is 15.4. The number of benzene rings is 2. The summed E-state index contributed by atoms with van der Waals surface area (Å²) < 4.78 is 0.860. The second kappa shape index (κ2) is 5.75. The van der Waals surface area contributed by atoms with Gasteiger partial charge in [-0.1, -0.05) is 23.2 Å². The molecule has 0 unspecified atom stereocenters. The Balaban J connectivity index is 1.87. The third kappa shape index (κ3) is 3.26. The van der Waals surface area contributed by atoms with Crippen LogP contribution < -0.4 is 11.0 Å². The maximum absolute atomic E-state index is 11.3. The second-order valence-corrected chi connectivity index (χ2v) is 6.32. The Morgan fingerprint density at radius 2 is 1.62 bits per heavy atom. The molecular weight excluding hydrogens is 377 g/mol. The van der Waals surface area contributed by atoms with Gasteiger partial charge in [0.1, 0.15) is 0 Å². The molecule has 0 aliphatic rings. The molecule has 0 aliphatic heterocycles. The zero-order valence-corrected chi connectivity index (χ0v) is 13.7. The summed E-state index contributed by atoms with van der Waals surface area (Å²) in [5.74, 6) is 0. The molecule has 3 aromatic rings. The van der Waals surface area contributed by atoms with E-state index in [0.717, 1.165) is 26.8 Å². The van der Waals surface area contributed by atoms with E-state index < -0.39 is 0 Å². The van der Waals surface area contributed by atoms with E-state index in [1.807, 2.05) is 24.3 Å². The highest BCUT2D eigenvalue weighted by atomic mass is 79.9. The van der Waals surface area contributed by atoms with Crippen LogP contribution >= 0.6 is 39.1 Å². The van der Waals surface area contributed by atoms with Gasteiger partial charge < -0.3 is 15.3 Å². The smallest absolute Gasteiger partial charge is 0.323 e. The van der Waals surface area contributed by atoms with Crippen LogP contribution in [-0.4, -0.2) is 9.97 Å². The van der Waals surface area contributed by atoms with E-state index in [2.05, 4.69) is 31.2 Å². The molecule has 4 nitrogen and oxygen atoms in total. The van der Waals surface area contributed by atoms with Crippen LogP contribution in [0.25, 0.3) is 11.0 Å². The maximum Gasteiger partial charge on any atom is 0.323 e. The van der Waals surface area contributed by atoms with E-state index in [0.29, 0.717) is 16.6 Å². The van der Waals surface area contributed by atoms with Gasteiger partial charge in [-0.2, -0.15) is 0 Å². The number of aromatic amines is 2. The van der Waals surface area contributed by atoms with Crippen molar-refractivity contribution in [3.8, 4) is 0 Å². The van der Waals surface area contributed by atoms with E-state index in [1.54, 1.807) is 6.07 Å². The standard InChI is InChI=1S/C14H10BrCl2N3O/c15-10-4-12-13(20-14(21)19-12)5-11(10)18-6-7-1-8(16)3-9(17)2-7/h1-5,18H,6H2,(H2,19,20,21). The van der Waals surface area contributed by atoms with Crippen molar-refractivity contribution in [2.24, 2.45) is 0 Å². The Labute approximate surface area is 138 Å². The van der Waals surface area contributed by atoms with Crippen molar-refractivity contribution in [1.82, 2.24) is 9.97 Å². The predicted octanol–water partition coefficient (Wildman–Crippen LogP) is 4.54. The van der Waals surface area contributed by atoms with Gasteiger partial charge in [-0.15, -0.1) is 0 Å². The minimum Gasteiger partial charge on any atom is -0.380 e. The van der Waals surface area contributed by atoms with Gasteiger partial charge in [0.05, 0.1) is 16.7 Å². The summed E-state index contributed by atoms with van der Waals surface area (Å²) in [4.78, 5) is 16.7. The molecule has 1 heterocycles. The highest BCUT2D eigenvalue weighted by Gasteiger charge is 2.06. The molecule has 0 atom stereocenters. The lowest BCUT2D eigenvalue weighted by molar-refractivity contribution is 1.15. The monoisotopic (exact) mass is 385 g/mol. The van der Waals surface area contributed by atoms with Crippen molar-refractivity contribution in [2.75, 3.05) is 5.32 Å². The topological polar surface area (TPSA) is 60.7 Å². The van der Waals surface area contributed by atoms with Crippen molar-refractivity contribution in [2.45, 2.75) is 6.54 Å². The molecule has 1 aromatic heterocycles. The van der Waals surface area contributed by atoms with E-state index >= 15 is 0 Å². The van der Waals surface area contributed by atoms with Crippen LogP contribution in [0.15, 0.2) is 39.6 Å². The van der Waals surface area contributed by atoms with Gasteiger partial charge >= 0.3 is 5.69 Å². The van der Waals surface area contributed by atoms with Gasteiger partial charge in [0, 0.05) is 21.1 Å². The average Bonchev–Trinajstić information content (AvgIpc) is 2.74. The second-order valence-electron chi connectivity index (χ2n) is 4.59. The zero-order valence-electron chi connectivity index (χ0n) is 10.6. The van der Waals surface area contributed by atoms with E-state index in [1.165, 1.54) is 0 Å². The van der Waals surface area contributed by atoms with Gasteiger partial charge in [-0.3, -0.25) is 0 Å². The highest BCUT2D eigenvalue weighted by molar-refractivity contribution is 9.10. The van der Waals surface area contributed by atoms with Gasteiger partial charge in [0.25, 0.3) is 0 Å². The van der Waals surface area contributed by atoms with Crippen molar-refractivity contribution < 1.29 is 0 Å². The third-order valence-corrected chi connectivity index (χ3v) is 4.10. The molecule has 3 N–H and O–H groups in total. The number of H-pyrrole nitrogens is 2. The number of anilines is 1. The Morgan fingerprint density at radius 3 is 2.29 bits per heavy atom. The molecule has 0 amide bonds. The molecule has 0 aliphatic carbocycles. The number of imidazole rings is 1. The Kier molecular flexibility index (Phi) is 3.97. The molecule has 0 saturated carbocycles. The first-order valence-electron chi connectivity index (χ1n) is 6.11. The van der Waals surface area contributed by atoms with Crippen LogP contribution in [0, 0.1) is 0 Å². The normalized spacial score (nSPS) is 11.0. The number of fused-ring (bicyclic) bond motifs is 1. The van der Waals surface area contributed by atoms with Crippen LogP contribution in [0.1, 0.15) is 5.56 Å². The first kappa shape index (κ1) is 14.5. The largest absolute Gasteiger partial charge is 0.380 e. The highest BCUT2D eigenvalue weighted by Crippen LogP contribution is 2.27. The molecule has 21 heavy (non-hydrogen) atoms. The lowest BCUT2D eigenvalue weighted by Crippen LogP contribution is -2.00. The van der Waals surface area contributed by atoms with Crippen molar-refractivity contribution >= 4 is 55.9 Å². The molecule has 2 aromatic carbocycles. The summed E-state index contributed by atoms with van der Waals surface area (Å²) in [5.41, 5.74) is 3.12. The Hall–Kier alpha value is -1.43. The fraction of sp³-hybridized carbons (Fsp3) is 0.0714. The molecular formula is C14H10BrCl2N3O. The van der Waals surface area contributed by atoms with Crippen molar-refractivity contribution in [3.05, 3.63) is 60.9 Å². The minimum absolute atomic E-state index is 0.226.